The summed E-state index contributed by atoms with van der Waals surface area (Å²) in [4.78, 5) is 23.3. The van der Waals surface area contributed by atoms with Crippen molar-refractivity contribution in [3.8, 4) is 0 Å². The Morgan fingerprint density at radius 1 is 1.47 bits per heavy atom. The standard InChI is InChI=1S/C11H20N2O4/c1-6(2)9(11(16)17-3)13-10(15)8-4-7(14)5-12-8/h6-9,12,14H,4-5H2,1-3H3,(H,13,15)/t7?,8?,9-/m1/s1. The van der Waals surface area contributed by atoms with E-state index < -0.39 is 24.2 Å². The van der Waals surface area contributed by atoms with Gasteiger partial charge in [0.2, 0.25) is 5.91 Å². The topological polar surface area (TPSA) is 87.7 Å². The SMILES string of the molecule is COC(=O)[C@H](NC(=O)C1CC(O)CN1)C(C)C. The summed E-state index contributed by atoms with van der Waals surface area (Å²) < 4.78 is 4.63. The molecule has 0 saturated carbocycles. The van der Waals surface area contributed by atoms with E-state index in [4.69, 9.17) is 0 Å². The lowest BCUT2D eigenvalue weighted by atomic mass is 10.0. The lowest BCUT2D eigenvalue weighted by Crippen LogP contribution is -2.50. The Morgan fingerprint density at radius 3 is 2.53 bits per heavy atom. The first-order valence-electron chi connectivity index (χ1n) is 5.75. The molecule has 1 aliphatic heterocycles. The van der Waals surface area contributed by atoms with Crippen LogP contribution in [0.2, 0.25) is 0 Å². The number of rotatable bonds is 4. The van der Waals surface area contributed by atoms with Gasteiger partial charge >= 0.3 is 5.97 Å². The molecule has 0 radical (unpaired) electrons. The fourth-order valence-electron chi connectivity index (χ4n) is 1.80. The second kappa shape index (κ2) is 5.97. The minimum atomic E-state index is -0.646. The van der Waals surface area contributed by atoms with Crippen LogP contribution in [0, 0.1) is 5.92 Å². The molecule has 0 spiro atoms. The van der Waals surface area contributed by atoms with Crippen LogP contribution in [0.4, 0.5) is 0 Å². The van der Waals surface area contributed by atoms with Crippen molar-refractivity contribution in [3.05, 3.63) is 0 Å². The number of hydrogen-bond acceptors (Lipinski definition) is 5. The molecule has 1 fully saturated rings. The smallest absolute Gasteiger partial charge is 0.328 e. The zero-order chi connectivity index (χ0) is 13.0. The van der Waals surface area contributed by atoms with Gasteiger partial charge in [0.25, 0.3) is 0 Å². The summed E-state index contributed by atoms with van der Waals surface area (Å²) in [6.07, 6.45) is -0.126. The first kappa shape index (κ1) is 13.9. The minimum absolute atomic E-state index is 0.0438. The van der Waals surface area contributed by atoms with Crippen molar-refractivity contribution in [2.45, 2.75) is 38.5 Å². The predicted octanol–water partition coefficient (Wildman–Crippen LogP) is -0.977. The Balaban J connectivity index is 2.55. The number of β-amino-alcohol motifs (C(OH)–C–C–N with tert-alkyl or cyclic N) is 1. The average molecular weight is 244 g/mol. The third-order valence-corrected chi connectivity index (χ3v) is 2.84. The highest BCUT2D eigenvalue weighted by Crippen LogP contribution is 2.09. The minimum Gasteiger partial charge on any atom is -0.467 e. The van der Waals surface area contributed by atoms with Crippen LogP contribution in [0.25, 0.3) is 0 Å². The molecular formula is C11H20N2O4. The van der Waals surface area contributed by atoms with Crippen molar-refractivity contribution in [3.63, 3.8) is 0 Å². The fraction of sp³-hybridized carbons (Fsp3) is 0.818. The van der Waals surface area contributed by atoms with E-state index in [0.717, 1.165) is 0 Å². The van der Waals surface area contributed by atoms with Gasteiger partial charge in [-0.1, -0.05) is 13.8 Å². The summed E-state index contributed by atoms with van der Waals surface area (Å²) in [5.41, 5.74) is 0. The van der Waals surface area contributed by atoms with E-state index in [2.05, 4.69) is 15.4 Å². The molecule has 0 aliphatic carbocycles. The fourth-order valence-corrected chi connectivity index (χ4v) is 1.80. The third kappa shape index (κ3) is 3.67. The zero-order valence-electron chi connectivity index (χ0n) is 10.4. The Morgan fingerprint density at radius 2 is 2.12 bits per heavy atom. The van der Waals surface area contributed by atoms with Gasteiger partial charge in [0.1, 0.15) is 6.04 Å². The summed E-state index contributed by atoms with van der Waals surface area (Å²) in [6.45, 7) is 4.07. The summed E-state index contributed by atoms with van der Waals surface area (Å²) in [6, 6.07) is -1.08. The van der Waals surface area contributed by atoms with E-state index in [0.29, 0.717) is 13.0 Å². The number of amides is 1. The molecule has 0 aromatic heterocycles. The van der Waals surface area contributed by atoms with Crippen LogP contribution in [-0.4, -0.2) is 48.8 Å². The van der Waals surface area contributed by atoms with E-state index in [1.54, 1.807) is 0 Å². The van der Waals surface area contributed by atoms with Crippen LogP contribution >= 0.6 is 0 Å². The van der Waals surface area contributed by atoms with Gasteiger partial charge in [-0.05, 0) is 12.3 Å². The number of methoxy groups -OCH3 is 1. The molecule has 1 saturated heterocycles. The molecule has 2 unspecified atom stereocenters. The van der Waals surface area contributed by atoms with Crippen LogP contribution in [0.3, 0.4) is 0 Å². The Labute approximate surface area is 101 Å². The number of carbonyl (C=O) groups is 2. The highest BCUT2D eigenvalue weighted by atomic mass is 16.5. The van der Waals surface area contributed by atoms with Gasteiger partial charge in [-0.2, -0.15) is 0 Å². The summed E-state index contributed by atoms with van der Waals surface area (Å²) >= 11 is 0. The normalized spacial score (nSPS) is 25.7. The number of aliphatic hydroxyl groups excluding tert-OH is 1. The van der Waals surface area contributed by atoms with Gasteiger partial charge in [-0.3, -0.25) is 4.79 Å². The summed E-state index contributed by atoms with van der Waals surface area (Å²) in [5, 5.41) is 14.8. The van der Waals surface area contributed by atoms with Gasteiger partial charge < -0.3 is 20.5 Å². The summed E-state index contributed by atoms with van der Waals surface area (Å²) in [7, 11) is 1.29. The predicted molar refractivity (Wildman–Crippen MR) is 61.2 cm³/mol. The molecule has 0 aromatic carbocycles. The van der Waals surface area contributed by atoms with E-state index in [-0.39, 0.29) is 11.8 Å². The highest BCUT2D eigenvalue weighted by Gasteiger charge is 2.32. The third-order valence-electron chi connectivity index (χ3n) is 2.84. The van der Waals surface area contributed by atoms with Crippen molar-refractivity contribution in [2.75, 3.05) is 13.7 Å². The maximum Gasteiger partial charge on any atom is 0.328 e. The molecule has 1 amide bonds. The molecule has 6 heteroatoms. The highest BCUT2D eigenvalue weighted by molar-refractivity contribution is 5.87. The van der Waals surface area contributed by atoms with Crippen LogP contribution in [-0.2, 0) is 14.3 Å². The quantitative estimate of drug-likeness (QED) is 0.553. The molecule has 3 atom stereocenters. The van der Waals surface area contributed by atoms with Crippen molar-refractivity contribution >= 4 is 11.9 Å². The molecule has 3 N–H and O–H groups in total. The van der Waals surface area contributed by atoms with E-state index in [1.165, 1.54) is 7.11 Å². The lowest BCUT2D eigenvalue weighted by Gasteiger charge is -2.21. The zero-order valence-corrected chi connectivity index (χ0v) is 10.4. The molecule has 1 aliphatic rings. The maximum absolute atomic E-state index is 11.8. The number of hydrogen-bond donors (Lipinski definition) is 3. The van der Waals surface area contributed by atoms with Gasteiger partial charge in [0.15, 0.2) is 0 Å². The van der Waals surface area contributed by atoms with Gasteiger partial charge in [0, 0.05) is 6.54 Å². The van der Waals surface area contributed by atoms with Crippen LogP contribution in [0.1, 0.15) is 20.3 Å². The second-order valence-electron chi connectivity index (χ2n) is 4.60. The Kier molecular flexibility index (Phi) is 4.89. The van der Waals surface area contributed by atoms with E-state index in [1.807, 2.05) is 13.8 Å². The lowest BCUT2D eigenvalue weighted by molar-refractivity contribution is -0.146. The maximum atomic E-state index is 11.8. The molecule has 0 bridgehead atoms. The molecule has 98 valence electrons. The van der Waals surface area contributed by atoms with Crippen molar-refractivity contribution in [2.24, 2.45) is 5.92 Å². The molecule has 6 nitrogen and oxygen atoms in total. The van der Waals surface area contributed by atoms with Crippen LogP contribution in [0.5, 0.6) is 0 Å². The number of aliphatic hydroxyl groups is 1. The largest absolute Gasteiger partial charge is 0.467 e. The van der Waals surface area contributed by atoms with Gasteiger partial charge in [-0.15, -0.1) is 0 Å². The number of esters is 1. The first-order chi connectivity index (χ1) is 7.95. The molecule has 1 rings (SSSR count). The van der Waals surface area contributed by atoms with E-state index >= 15 is 0 Å². The molecular weight excluding hydrogens is 224 g/mol. The first-order valence-corrected chi connectivity index (χ1v) is 5.75. The molecule has 17 heavy (non-hydrogen) atoms. The number of ether oxygens (including phenoxy) is 1. The van der Waals surface area contributed by atoms with E-state index in [9.17, 15) is 14.7 Å². The van der Waals surface area contributed by atoms with Crippen LogP contribution in [0.15, 0.2) is 0 Å². The number of nitrogens with one attached hydrogen (secondary N) is 2. The van der Waals surface area contributed by atoms with Gasteiger partial charge in [0.05, 0.1) is 19.3 Å². The van der Waals surface area contributed by atoms with Gasteiger partial charge in [-0.25, -0.2) is 4.79 Å². The Bertz CT molecular complexity index is 293. The number of carbonyl (C=O) groups excluding carboxylic acids is 2. The summed E-state index contributed by atoms with van der Waals surface area (Å²) in [5.74, 6) is -0.768. The van der Waals surface area contributed by atoms with Crippen molar-refractivity contribution in [1.82, 2.24) is 10.6 Å². The average Bonchev–Trinajstić information content (AvgIpc) is 2.71. The molecule has 0 aromatic rings. The van der Waals surface area contributed by atoms with Crippen LogP contribution < -0.4 is 10.6 Å². The second-order valence-corrected chi connectivity index (χ2v) is 4.60. The van der Waals surface area contributed by atoms with Crippen molar-refractivity contribution < 1.29 is 19.4 Å². The van der Waals surface area contributed by atoms with Crippen molar-refractivity contribution in [1.29, 1.82) is 0 Å². The molecule has 1 heterocycles. The Hall–Kier alpha value is -1.14. The monoisotopic (exact) mass is 244 g/mol.